The number of likely N-dealkylation sites (tertiary alicyclic amines) is 1. The Morgan fingerprint density at radius 2 is 2.10 bits per heavy atom. The van der Waals surface area contributed by atoms with Crippen LogP contribution in [0.3, 0.4) is 0 Å². The summed E-state index contributed by atoms with van der Waals surface area (Å²) in [6.45, 7) is 1.69. The summed E-state index contributed by atoms with van der Waals surface area (Å²) in [5.74, 6) is -0.985. The molecule has 1 aliphatic heterocycles. The third-order valence-corrected chi connectivity index (χ3v) is 3.71. The molecule has 3 nitrogen and oxygen atoms in total. The number of carbonyl (C=O) groups is 1. The van der Waals surface area contributed by atoms with Crippen molar-refractivity contribution in [3.05, 3.63) is 34.9 Å². The molecule has 110 valence electrons. The van der Waals surface area contributed by atoms with Crippen molar-refractivity contribution >= 4 is 5.91 Å². The molecule has 1 saturated heterocycles. The summed E-state index contributed by atoms with van der Waals surface area (Å²) in [6, 6.07) is 3.85. The number of hydrogen-bond acceptors (Lipinski definition) is 2. The van der Waals surface area contributed by atoms with Gasteiger partial charge in [0, 0.05) is 6.54 Å². The van der Waals surface area contributed by atoms with Crippen molar-refractivity contribution < 1.29 is 18.0 Å². The zero-order valence-corrected chi connectivity index (χ0v) is 11.2. The first-order valence-corrected chi connectivity index (χ1v) is 6.48. The number of carbonyl (C=O) groups excluding carboxylic acids is 1. The normalized spacial score (nSPS) is 20.9. The van der Waals surface area contributed by atoms with Gasteiger partial charge in [0.15, 0.2) is 0 Å². The predicted octanol–water partition coefficient (Wildman–Crippen LogP) is 2.61. The number of piperidine rings is 1. The number of halogens is 3. The fourth-order valence-corrected chi connectivity index (χ4v) is 2.70. The van der Waals surface area contributed by atoms with Gasteiger partial charge in [0.1, 0.15) is 0 Å². The fraction of sp³-hybridized carbons (Fsp3) is 0.500. The lowest BCUT2D eigenvalue weighted by molar-refractivity contribution is -0.138. The third-order valence-electron chi connectivity index (χ3n) is 3.71. The molecule has 1 heterocycles. The molecule has 1 aliphatic rings. The third kappa shape index (κ3) is 3.12. The molecular formula is C14H17F3N2O. The molecule has 0 saturated carbocycles. The molecule has 20 heavy (non-hydrogen) atoms. The van der Waals surface area contributed by atoms with Gasteiger partial charge in [-0.2, -0.15) is 13.2 Å². The molecule has 1 aromatic carbocycles. The van der Waals surface area contributed by atoms with Gasteiger partial charge in [0.25, 0.3) is 0 Å². The Morgan fingerprint density at radius 1 is 1.40 bits per heavy atom. The molecule has 1 fully saturated rings. The van der Waals surface area contributed by atoms with Gasteiger partial charge in [-0.25, -0.2) is 0 Å². The lowest BCUT2D eigenvalue weighted by atomic mass is 9.88. The second-order valence-electron chi connectivity index (χ2n) is 5.27. The van der Waals surface area contributed by atoms with Crippen molar-refractivity contribution in [2.24, 2.45) is 5.73 Å². The van der Waals surface area contributed by atoms with Gasteiger partial charge >= 0.3 is 6.18 Å². The molecular weight excluding hydrogens is 269 g/mol. The Kier molecular flexibility index (Phi) is 4.04. The second-order valence-corrected chi connectivity index (χ2v) is 5.27. The van der Waals surface area contributed by atoms with E-state index in [0.29, 0.717) is 5.56 Å². The summed E-state index contributed by atoms with van der Waals surface area (Å²) in [4.78, 5) is 13.2. The number of nitrogens with zero attached hydrogens (tertiary/aromatic N) is 1. The number of hydrogen-bond donors (Lipinski definition) is 1. The van der Waals surface area contributed by atoms with Crippen molar-refractivity contribution in [2.75, 3.05) is 20.1 Å². The molecule has 6 heteroatoms. The van der Waals surface area contributed by atoms with Crippen LogP contribution in [0.2, 0.25) is 0 Å². The maximum absolute atomic E-state index is 13.0. The molecule has 0 aromatic heterocycles. The average molecular weight is 286 g/mol. The first-order valence-electron chi connectivity index (χ1n) is 6.48. The van der Waals surface area contributed by atoms with Gasteiger partial charge in [0.2, 0.25) is 5.91 Å². The van der Waals surface area contributed by atoms with Crippen LogP contribution in [-0.4, -0.2) is 30.9 Å². The Bertz CT molecular complexity index is 514. The number of alkyl halides is 3. The van der Waals surface area contributed by atoms with Crippen LogP contribution in [0.5, 0.6) is 0 Å². The van der Waals surface area contributed by atoms with E-state index in [4.69, 9.17) is 5.73 Å². The van der Waals surface area contributed by atoms with Crippen molar-refractivity contribution in [2.45, 2.75) is 24.9 Å². The van der Waals surface area contributed by atoms with Gasteiger partial charge in [-0.05, 0) is 50.0 Å². The largest absolute Gasteiger partial charge is 0.417 e. The van der Waals surface area contributed by atoms with E-state index in [-0.39, 0.29) is 5.92 Å². The molecule has 2 N–H and O–H groups in total. The van der Waals surface area contributed by atoms with E-state index < -0.39 is 23.2 Å². The summed E-state index contributed by atoms with van der Waals surface area (Å²) in [7, 11) is 1.95. The van der Waals surface area contributed by atoms with Crippen LogP contribution in [0.1, 0.15) is 40.2 Å². The molecule has 1 aromatic rings. The van der Waals surface area contributed by atoms with Gasteiger partial charge in [-0.3, -0.25) is 4.79 Å². The Hall–Kier alpha value is -1.56. The summed E-state index contributed by atoms with van der Waals surface area (Å²) < 4.78 is 39.0. The molecule has 0 aliphatic carbocycles. The quantitative estimate of drug-likeness (QED) is 0.908. The van der Waals surface area contributed by atoms with E-state index in [1.165, 1.54) is 6.07 Å². The van der Waals surface area contributed by atoms with Crippen LogP contribution in [0.25, 0.3) is 0 Å². The molecule has 0 bridgehead atoms. The molecule has 1 unspecified atom stereocenters. The van der Waals surface area contributed by atoms with Crippen LogP contribution in [0.4, 0.5) is 13.2 Å². The maximum atomic E-state index is 13.0. The zero-order chi connectivity index (χ0) is 14.9. The standard InChI is InChI=1S/C14H17F3N2O/c1-19-6-2-3-10(8-19)9-4-5-11(13(18)20)12(7-9)14(15,16)17/h4-5,7,10H,2-3,6,8H2,1H3,(H2,18,20). The lowest BCUT2D eigenvalue weighted by Crippen LogP contribution is -2.31. The summed E-state index contributed by atoms with van der Waals surface area (Å²) in [6.07, 6.45) is -2.75. The highest BCUT2D eigenvalue weighted by molar-refractivity contribution is 5.94. The van der Waals surface area contributed by atoms with Gasteiger partial charge in [-0.15, -0.1) is 0 Å². The number of amides is 1. The minimum absolute atomic E-state index is 0.0665. The number of benzene rings is 1. The topological polar surface area (TPSA) is 46.3 Å². The van der Waals surface area contributed by atoms with Crippen molar-refractivity contribution in [3.8, 4) is 0 Å². The van der Waals surface area contributed by atoms with Gasteiger partial charge < -0.3 is 10.6 Å². The van der Waals surface area contributed by atoms with Crippen LogP contribution in [0.15, 0.2) is 18.2 Å². The summed E-state index contributed by atoms with van der Waals surface area (Å²) in [5.41, 5.74) is 4.23. The molecule has 0 spiro atoms. The lowest BCUT2D eigenvalue weighted by Gasteiger charge is -2.30. The molecule has 1 atom stereocenters. The highest BCUT2D eigenvalue weighted by Crippen LogP contribution is 2.35. The van der Waals surface area contributed by atoms with Crippen LogP contribution in [0, 0.1) is 0 Å². The van der Waals surface area contributed by atoms with E-state index in [0.717, 1.165) is 32.0 Å². The molecule has 1 amide bonds. The van der Waals surface area contributed by atoms with Crippen molar-refractivity contribution in [3.63, 3.8) is 0 Å². The maximum Gasteiger partial charge on any atom is 0.417 e. The summed E-state index contributed by atoms with van der Waals surface area (Å²) in [5, 5.41) is 0. The Labute approximate surface area is 115 Å². The van der Waals surface area contributed by atoms with Gasteiger partial charge in [-0.1, -0.05) is 6.07 Å². The highest BCUT2D eigenvalue weighted by Gasteiger charge is 2.35. The van der Waals surface area contributed by atoms with E-state index >= 15 is 0 Å². The van der Waals surface area contributed by atoms with E-state index in [1.54, 1.807) is 6.07 Å². The smallest absolute Gasteiger partial charge is 0.366 e. The van der Waals surface area contributed by atoms with Crippen molar-refractivity contribution in [1.29, 1.82) is 0 Å². The zero-order valence-electron chi connectivity index (χ0n) is 11.2. The number of likely N-dealkylation sites (N-methyl/N-ethyl adjacent to an activating group) is 1. The first kappa shape index (κ1) is 14.8. The van der Waals surface area contributed by atoms with Crippen molar-refractivity contribution in [1.82, 2.24) is 4.90 Å². The summed E-state index contributed by atoms with van der Waals surface area (Å²) >= 11 is 0. The minimum Gasteiger partial charge on any atom is -0.366 e. The first-order chi connectivity index (χ1) is 9.29. The van der Waals surface area contributed by atoms with Gasteiger partial charge in [0.05, 0.1) is 11.1 Å². The molecule has 2 rings (SSSR count). The number of rotatable bonds is 2. The number of primary amides is 1. The minimum atomic E-state index is -4.57. The van der Waals surface area contributed by atoms with Crippen LogP contribution < -0.4 is 5.73 Å². The van der Waals surface area contributed by atoms with E-state index in [2.05, 4.69) is 4.90 Å². The Morgan fingerprint density at radius 3 is 2.65 bits per heavy atom. The SMILES string of the molecule is CN1CCCC(c2ccc(C(N)=O)c(C(F)(F)F)c2)C1. The Balaban J connectivity index is 2.39. The van der Waals surface area contributed by atoms with E-state index in [1.807, 2.05) is 7.05 Å². The van der Waals surface area contributed by atoms with Crippen LogP contribution in [-0.2, 0) is 6.18 Å². The fourth-order valence-electron chi connectivity index (χ4n) is 2.70. The predicted molar refractivity (Wildman–Crippen MR) is 69.4 cm³/mol. The highest BCUT2D eigenvalue weighted by atomic mass is 19.4. The van der Waals surface area contributed by atoms with E-state index in [9.17, 15) is 18.0 Å². The monoisotopic (exact) mass is 286 g/mol. The average Bonchev–Trinajstić information content (AvgIpc) is 2.37. The second kappa shape index (κ2) is 5.44. The molecule has 0 radical (unpaired) electrons. The number of nitrogens with two attached hydrogens (primary N) is 1. The van der Waals surface area contributed by atoms with Crippen LogP contribution >= 0.6 is 0 Å².